The van der Waals surface area contributed by atoms with Gasteiger partial charge < -0.3 is 14.6 Å². The van der Waals surface area contributed by atoms with E-state index in [0.717, 1.165) is 11.8 Å². The summed E-state index contributed by atoms with van der Waals surface area (Å²) in [7, 11) is 2.48. The second kappa shape index (κ2) is 5.87. The van der Waals surface area contributed by atoms with Gasteiger partial charge in [0.2, 0.25) is 0 Å². The summed E-state index contributed by atoms with van der Waals surface area (Å²) in [4.78, 5) is 21.7. The third kappa shape index (κ3) is 4.48. The third-order valence-electron chi connectivity index (χ3n) is 1.46. The molecular formula is C8H14O5S. The molecular weight excluding hydrogens is 208 g/mol. The Kier molecular flexibility index (Phi) is 5.56. The van der Waals surface area contributed by atoms with E-state index in [9.17, 15) is 14.7 Å². The molecule has 0 aromatic rings. The van der Waals surface area contributed by atoms with Crippen molar-refractivity contribution in [2.24, 2.45) is 0 Å². The van der Waals surface area contributed by atoms with E-state index < -0.39 is 17.5 Å². The lowest BCUT2D eigenvalue weighted by molar-refractivity contribution is -0.158. The number of hydrogen-bond donors (Lipinski definition) is 1. The van der Waals surface area contributed by atoms with Crippen LogP contribution in [0.15, 0.2) is 0 Å². The highest BCUT2D eigenvalue weighted by molar-refractivity contribution is 8.00. The largest absolute Gasteiger partial charge is 0.468 e. The Morgan fingerprint density at radius 3 is 2.36 bits per heavy atom. The second-order valence-electron chi connectivity index (χ2n) is 2.83. The maximum absolute atomic E-state index is 11.0. The van der Waals surface area contributed by atoms with Crippen LogP contribution in [0.5, 0.6) is 0 Å². The lowest BCUT2D eigenvalue weighted by atomic mass is 10.1. The van der Waals surface area contributed by atoms with Gasteiger partial charge in [0.15, 0.2) is 5.60 Å². The topological polar surface area (TPSA) is 72.8 Å². The second-order valence-corrected chi connectivity index (χ2v) is 3.82. The lowest BCUT2D eigenvalue weighted by Gasteiger charge is -2.18. The Balaban J connectivity index is 3.88. The fourth-order valence-corrected chi connectivity index (χ4v) is 1.57. The van der Waals surface area contributed by atoms with Crippen LogP contribution in [0.1, 0.15) is 6.92 Å². The fraction of sp³-hybridized carbons (Fsp3) is 0.750. The Hall–Kier alpha value is -0.750. The first-order valence-electron chi connectivity index (χ1n) is 3.89. The molecule has 0 aromatic heterocycles. The van der Waals surface area contributed by atoms with Crippen molar-refractivity contribution in [1.82, 2.24) is 0 Å². The number of hydrogen-bond acceptors (Lipinski definition) is 6. The summed E-state index contributed by atoms with van der Waals surface area (Å²) >= 11 is 1.11. The first-order valence-corrected chi connectivity index (χ1v) is 5.05. The van der Waals surface area contributed by atoms with E-state index >= 15 is 0 Å². The Morgan fingerprint density at radius 2 is 1.93 bits per heavy atom. The zero-order valence-corrected chi connectivity index (χ0v) is 9.22. The Labute approximate surface area is 86.8 Å². The van der Waals surface area contributed by atoms with Crippen LogP contribution in [0.4, 0.5) is 0 Å². The summed E-state index contributed by atoms with van der Waals surface area (Å²) in [5, 5.41) is 9.52. The van der Waals surface area contributed by atoms with Gasteiger partial charge in [0, 0.05) is 5.75 Å². The summed E-state index contributed by atoms with van der Waals surface area (Å²) in [6.07, 6.45) is 0. The van der Waals surface area contributed by atoms with Crippen molar-refractivity contribution in [3.8, 4) is 0 Å². The third-order valence-corrected chi connectivity index (χ3v) is 2.66. The van der Waals surface area contributed by atoms with Crippen molar-refractivity contribution in [3.05, 3.63) is 0 Å². The molecule has 0 aliphatic carbocycles. The average Bonchev–Trinajstić information content (AvgIpc) is 2.15. The van der Waals surface area contributed by atoms with Gasteiger partial charge in [-0.25, -0.2) is 4.79 Å². The summed E-state index contributed by atoms with van der Waals surface area (Å²) in [5.74, 6) is -0.913. The van der Waals surface area contributed by atoms with Crippen LogP contribution in [0.25, 0.3) is 0 Å². The van der Waals surface area contributed by atoms with E-state index in [0.29, 0.717) is 0 Å². The van der Waals surface area contributed by atoms with E-state index in [1.807, 2.05) is 0 Å². The highest BCUT2D eigenvalue weighted by Gasteiger charge is 2.31. The van der Waals surface area contributed by atoms with Gasteiger partial charge in [-0.3, -0.25) is 4.79 Å². The van der Waals surface area contributed by atoms with E-state index in [4.69, 9.17) is 0 Å². The molecule has 6 heteroatoms. The zero-order valence-electron chi connectivity index (χ0n) is 8.40. The maximum atomic E-state index is 11.0. The number of thioether (sulfide) groups is 1. The summed E-state index contributed by atoms with van der Waals surface area (Å²) in [6.45, 7) is 1.34. The van der Waals surface area contributed by atoms with Crippen molar-refractivity contribution in [3.63, 3.8) is 0 Å². The summed E-state index contributed by atoms with van der Waals surface area (Å²) < 4.78 is 8.77. The van der Waals surface area contributed by atoms with E-state index in [2.05, 4.69) is 9.47 Å². The van der Waals surface area contributed by atoms with Crippen molar-refractivity contribution in [2.45, 2.75) is 12.5 Å². The molecule has 0 spiro atoms. The van der Waals surface area contributed by atoms with Crippen molar-refractivity contribution < 1.29 is 24.2 Å². The molecule has 1 atom stereocenters. The maximum Gasteiger partial charge on any atom is 0.338 e. The number of rotatable bonds is 5. The van der Waals surface area contributed by atoms with Gasteiger partial charge in [-0.2, -0.15) is 0 Å². The Bertz CT molecular complexity index is 214. The van der Waals surface area contributed by atoms with Crippen LogP contribution in [-0.2, 0) is 19.1 Å². The molecule has 14 heavy (non-hydrogen) atoms. The zero-order chi connectivity index (χ0) is 11.2. The number of esters is 2. The molecule has 0 radical (unpaired) electrons. The molecule has 0 bridgehead atoms. The molecule has 0 heterocycles. The standard InChI is InChI=1S/C8H14O5S/c1-8(11,7(10)13-3)5-14-4-6(9)12-2/h11H,4-5H2,1-3H3. The smallest absolute Gasteiger partial charge is 0.338 e. The fourth-order valence-electron chi connectivity index (χ4n) is 0.671. The molecule has 0 amide bonds. The van der Waals surface area contributed by atoms with Crippen LogP contribution < -0.4 is 0 Å². The number of ether oxygens (including phenoxy) is 2. The number of carbonyl (C=O) groups excluding carboxylic acids is 2. The number of methoxy groups -OCH3 is 2. The Morgan fingerprint density at radius 1 is 1.36 bits per heavy atom. The van der Waals surface area contributed by atoms with Crippen LogP contribution in [0, 0.1) is 0 Å². The minimum Gasteiger partial charge on any atom is -0.468 e. The van der Waals surface area contributed by atoms with Crippen LogP contribution in [0.3, 0.4) is 0 Å². The monoisotopic (exact) mass is 222 g/mol. The minimum atomic E-state index is -1.56. The van der Waals surface area contributed by atoms with Crippen LogP contribution in [-0.4, -0.2) is 48.4 Å². The highest BCUT2D eigenvalue weighted by Crippen LogP contribution is 2.14. The number of carbonyl (C=O) groups is 2. The van der Waals surface area contributed by atoms with Gasteiger partial charge in [-0.05, 0) is 6.92 Å². The molecule has 0 fully saturated rings. The molecule has 0 saturated heterocycles. The lowest BCUT2D eigenvalue weighted by Crippen LogP contribution is -2.39. The minimum absolute atomic E-state index is 0.0920. The quantitative estimate of drug-likeness (QED) is 0.650. The van der Waals surface area contributed by atoms with E-state index in [1.165, 1.54) is 21.1 Å². The molecule has 0 aliphatic heterocycles. The SMILES string of the molecule is COC(=O)CSCC(C)(O)C(=O)OC. The molecule has 5 nitrogen and oxygen atoms in total. The molecule has 0 aromatic carbocycles. The van der Waals surface area contributed by atoms with Gasteiger partial charge >= 0.3 is 11.9 Å². The molecule has 0 aliphatic rings. The first kappa shape index (κ1) is 13.2. The first-order chi connectivity index (χ1) is 6.44. The van der Waals surface area contributed by atoms with Crippen molar-refractivity contribution in [2.75, 3.05) is 25.7 Å². The van der Waals surface area contributed by atoms with Gasteiger partial charge in [-0.1, -0.05) is 0 Å². The molecule has 0 saturated carbocycles. The van der Waals surface area contributed by atoms with E-state index in [-0.39, 0.29) is 11.5 Å². The van der Waals surface area contributed by atoms with Crippen molar-refractivity contribution >= 4 is 23.7 Å². The van der Waals surface area contributed by atoms with Gasteiger partial charge in [0.05, 0.1) is 20.0 Å². The normalized spacial score (nSPS) is 14.3. The molecule has 82 valence electrons. The van der Waals surface area contributed by atoms with Gasteiger partial charge in [-0.15, -0.1) is 11.8 Å². The van der Waals surface area contributed by atoms with Crippen LogP contribution >= 0.6 is 11.8 Å². The van der Waals surface area contributed by atoms with Crippen molar-refractivity contribution in [1.29, 1.82) is 0 Å². The molecule has 0 rings (SSSR count). The summed E-state index contributed by atoms with van der Waals surface area (Å²) in [5.41, 5.74) is -1.56. The average molecular weight is 222 g/mol. The van der Waals surface area contributed by atoms with Crippen LogP contribution in [0.2, 0.25) is 0 Å². The summed E-state index contributed by atoms with van der Waals surface area (Å²) in [6, 6.07) is 0. The van der Waals surface area contributed by atoms with Gasteiger partial charge in [0.1, 0.15) is 0 Å². The number of aliphatic hydroxyl groups is 1. The highest BCUT2D eigenvalue weighted by atomic mass is 32.2. The predicted octanol–water partition coefficient (Wildman–Crippen LogP) is -0.183. The molecule has 1 unspecified atom stereocenters. The van der Waals surface area contributed by atoms with Gasteiger partial charge in [0.25, 0.3) is 0 Å². The molecule has 1 N–H and O–H groups in total. The van der Waals surface area contributed by atoms with E-state index in [1.54, 1.807) is 0 Å². The predicted molar refractivity (Wildman–Crippen MR) is 52.0 cm³/mol.